The molecule has 21 heavy (non-hydrogen) atoms. The van der Waals surface area contributed by atoms with Gasteiger partial charge in [-0.15, -0.1) is 10.2 Å². The van der Waals surface area contributed by atoms with Crippen molar-refractivity contribution in [2.75, 3.05) is 5.32 Å². The molecule has 0 saturated carbocycles. The standard InChI is InChI=1S/C13H13ClFN5O/c14-8-3-4-10(9(15)6-8)17-13(21)16-7-12-19-18-11-2-1-5-20(11)12/h3-4,6H,1-2,5,7H2,(H2,16,17,21). The number of benzene rings is 1. The lowest BCUT2D eigenvalue weighted by atomic mass is 10.3. The molecule has 2 heterocycles. The maximum absolute atomic E-state index is 13.6. The van der Waals surface area contributed by atoms with Crippen LogP contribution in [0.1, 0.15) is 18.1 Å². The van der Waals surface area contributed by atoms with Gasteiger partial charge in [-0.25, -0.2) is 9.18 Å². The van der Waals surface area contributed by atoms with Crippen molar-refractivity contribution in [3.8, 4) is 0 Å². The Morgan fingerprint density at radius 3 is 3.10 bits per heavy atom. The first-order valence-electron chi connectivity index (χ1n) is 6.54. The molecule has 0 atom stereocenters. The molecule has 0 fully saturated rings. The van der Waals surface area contributed by atoms with E-state index < -0.39 is 11.8 Å². The fourth-order valence-corrected chi connectivity index (χ4v) is 2.42. The fraction of sp³-hybridized carbons (Fsp3) is 0.308. The summed E-state index contributed by atoms with van der Waals surface area (Å²) in [5.74, 6) is 1.06. The van der Waals surface area contributed by atoms with E-state index in [0.717, 1.165) is 31.3 Å². The first-order valence-corrected chi connectivity index (χ1v) is 6.92. The SMILES string of the molecule is O=C(NCc1nnc2n1CCC2)Nc1ccc(Cl)cc1F. The van der Waals surface area contributed by atoms with E-state index in [1.807, 2.05) is 4.57 Å². The third-order valence-corrected chi connectivity index (χ3v) is 3.51. The number of anilines is 1. The second-order valence-corrected chi connectivity index (χ2v) is 5.16. The Labute approximate surface area is 125 Å². The second kappa shape index (κ2) is 5.69. The van der Waals surface area contributed by atoms with Crippen LogP contribution in [0, 0.1) is 5.82 Å². The molecule has 1 aliphatic heterocycles. The molecule has 1 aromatic heterocycles. The van der Waals surface area contributed by atoms with Crippen molar-refractivity contribution in [2.45, 2.75) is 25.9 Å². The van der Waals surface area contributed by atoms with Crippen LogP contribution in [-0.2, 0) is 19.5 Å². The van der Waals surface area contributed by atoms with Gasteiger partial charge in [-0.3, -0.25) is 0 Å². The number of aromatic nitrogens is 3. The number of carbonyl (C=O) groups excluding carboxylic acids is 1. The molecule has 110 valence electrons. The molecule has 8 heteroatoms. The van der Waals surface area contributed by atoms with Crippen LogP contribution in [0.25, 0.3) is 0 Å². The number of aryl methyl sites for hydroxylation is 1. The predicted molar refractivity (Wildman–Crippen MR) is 75.6 cm³/mol. The van der Waals surface area contributed by atoms with Gasteiger partial charge in [-0.05, 0) is 24.6 Å². The molecule has 0 aliphatic carbocycles. The lowest BCUT2D eigenvalue weighted by Crippen LogP contribution is -2.29. The van der Waals surface area contributed by atoms with E-state index in [0.29, 0.717) is 5.82 Å². The highest BCUT2D eigenvalue weighted by atomic mass is 35.5. The van der Waals surface area contributed by atoms with Crippen LogP contribution in [0.3, 0.4) is 0 Å². The van der Waals surface area contributed by atoms with Gasteiger partial charge < -0.3 is 15.2 Å². The third kappa shape index (κ3) is 2.97. The van der Waals surface area contributed by atoms with Gasteiger partial charge in [0.2, 0.25) is 0 Å². The van der Waals surface area contributed by atoms with Crippen LogP contribution < -0.4 is 10.6 Å². The average molecular weight is 310 g/mol. The molecule has 2 amide bonds. The van der Waals surface area contributed by atoms with Gasteiger partial charge in [0, 0.05) is 18.0 Å². The Morgan fingerprint density at radius 2 is 2.29 bits per heavy atom. The van der Waals surface area contributed by atoms with Crippen LogP contribution in [-0.4, -0.2) is 20.8 Å². The highest BCUT2D eigenvalue weighted by Crippen LogP contribution is 2.18. The van der Waals surface area contributed by atoms with E-state index in [4.69, 9.17) is 11.6 Å². The summed E-state index contributed by atoms with van der Waals surface area (Å²) in [6, 6.07) is 3.55. The van der Waals surface area contributed by atoms with Crippen LogP contribution in [0.15, 0.2) is 18.2 Å². The Hall–Kier alpha value is -2.15. The smallest absolute Gasteiger partial charge is 0.319 e. The van der Waals surface area contributed by atoms with Gasteiger partial charge in [-0.2, -0.15) is 0 Å². The number of fused-ring (bicyclic) bond motifs is 1. The molecular weight excluding hydrogens is 297 g/mol. The summed E-state index contributed by atoms with van der Waals surface area (Å²) in [6.45, 7) is 1.11. The fourth-order valence-electron chi connectivity index (χ4n) is 2.26. The summed E-state index contributed by atoms with van der Waals surface area (Å²) >= 11 is 5.65. The number of nitrogens with zero attached hydrogens (tertiary/aromatic N) is 3. The minimum Gasteiger partial charge on any atom is -0.331 e. The van der Waals surface area contributed by atoms with Crippen LogP contribution >= 0.6 is 11.6 Å². The van der Waals surface area contributed by atoms with Crippen LogP contribution in [0.5, 0.6) is 0 Å². The van der Waals surface area contributed by atoms with Gasteiger partial charge in [0.1, 0.15) is 11.6 Å². The van der Waals surface area contributed by atoms with Crippen molar-refractivity contribution in [1.29, 1.82) is 0 Å². The van der Waals surface area contributed by atoms with Crippen LogP contribution in [0.2, 0.25) is 5.02 Å². The molecule has 0 unspecified atom stereocenters. The highest BCUT2D eigenvalue weighted by molar-refractivity contribution is 6.30. The number of carbonyl (C=O) groups is 1. The molecule has 2 N–H and O–H groups in total. The van der Waals surface area contributed by atoms with Crippen molar-refractivity contribution in [1.82, 2.24) is 20.1 Å². The molecule has 1 aliphatic rings. The molecule has 1 aromatic carbocycles. The summed E-state index contributed by atoms with van der Waals surface area (Å²) in [5.41, 5.74) is 0.0726. The van der Waals surface area contributed by atoms with Crippen molar-refractivity contribution in [3.63, 3.8) is 0 Å². The number of hydrogen-bond acceptors (Lipinski definition) is 3. The monoisotopic (exact) mass is 309 g/mol. The first-order chi connectivity index (χ1) is 10.1. The second-order valence-electron chi connectivity index (χ2n) is 4.72. The van der Waals surface area contributed by atoms with Crippen molar-refractivity contribution in [2.24, 2.45) is 0 Å². The van der Waals surface area contributed by atoms with Crippen molar-refractivity contribution >= 4 is 23.3 Å². The minimum atomic E-state index is -0.582. The molecule has 2 aromatic rings. The van der Waals surface area contributed by atoms with Gasteiger partial charge in [0.25, 0.3) is 0 Å². The maximum atomic E-state index is 13.6. The number of amides is 2. The molecule has 0 spiro atoms. The van der Waals surface area contributed by atoms with Crippen molar-refractivity contribution < 1.29 is 9.18 Å². The normalized spacial score (nSPS) is 13.0. The zero-order valence-electron chi connectivity index (χ0n) is 11.1. The molecular formula is C13H13ClFN5O. The maximum Gasteiger partial charge on any atom is 0.319 e. The lowest BCUT2D eigenvalue weighted by Gasteiger charge is -2.08. The average Bonchev–Trinajstić information content (AvgIpc) is 3.03. The Balaban J connectivity index is 1.59. The van der Waals surface area contributed by atoms with E-state index in [1.54, 1.807) is 0 Å². The highest BCUT2D eigenvalue weighted by Gasteiger charge is 2.17. The Morgan fingerprint density at radius 1 is 1.43 bits per heavy atom. The summed E-state index contributed by atoms with van der Waals surface area (Å²) < 4.78 is 15.5. The molecule has 0 bridgehead atoms. The number of urea groups is 1. The van der Waals surface area contributed by atoms with E-state index in [-0.39, 0.29) is 17.3 Å². The van der Waals surface area contributed by atoms with E-state index in [1.165, 1.54) is 12.1 Å². The zero-order chi connectivity index (χ0) is 14.8. The van der Waals surface area contributed by atoms with Crippen molar-refractivity contribution in [3.05, 3.63) is 40.7 Å². The van der Waals surface area contributed by atoms with E-state index >= 15 is 0 Å². The largest absolute Gasteiger partial charge is 0.331 e. The third-order valence-electron chi connectivity index (χ3n) is 3.27. The summed E-state index contributed by atoms with van der Waals surface area (Å²) in [4.78, 5) is 11.8. The van der Waals surface area contributed by atoms with Gasteiger partial charge in [0.15, 0.2) is 5.82 Å². The molecule has 0 saturated heterocycles. The van der Waals surface area contributed by atoms with Crippen LogP contribution in [0.4, 0.5) is 14.9 Å². The zero-order valence-corrected chi connectivity index (χ0v) is 11.8. The molecule has 3 rings (SSSR count). The summed E-state index contributed by atoms with van der Waals surface area (Å²) in [5, 5.41) is 13.4. The van der Waals surface area contributed by atoms with Gasteiger partial charge in [-0.1, -0.05) is 11.6 Å². The topological polar surface area (TPSA) is 71.8 Å². The lowest BCUT2D eigenvalue weighted by molar-refractivity contribution is 0.251. The number of rotatable bonds is 3. The first kappa shape index (κ1) is 13.8. The van der Waals surface area contributed by atoms with E-state index in [2.05, 4.69) is 20.8 Å². The Bertz CT molecular complexity index is 687. The Kier molecular flexibility index (Phi) is 3.74. The number of nitrogens with one attached hydrogen (secondary N) is 2. The quantitative estimate of drug-likeness (QED) is 0.914. The predicted octanol–water partition coefficient (Wildman–Crippen LogP) is 2.34. The summed E-state index contributed by atoms with van der Waals surface area (Å²) in [6.07, 6.45) is 1.95. The number of halogens is 2. The molecule has 0 radical (unpaired) electrons. The van der Waals surface area contributed by atoms with Gasteiger partial charge in [0.05, 0.1) is 12.2 Å². The minimum absolute atomic E-state index is 0.0726. The summed E-state index contributed by atoms with van der Waals surface area (Å²) in [7, 11) is 0. The van der Waals surface area contributed by atoms with Gasteiger partial charge >= 0.3 is 6.03 Å². The van der Waals surface area contributed by atoms with E-state index in [9.17, 15) is 9.18 Å². The molecule has 6 nitrogen and oxygen atoms in total. The number of hydrogen-bond donors (Lipinski definition) is 2.